The third-order valence-electron chi connectivity index (χ3n) is 8.30. The van der Waals surface area contributed by atoms with Gasteiger partial charge in [-0.15, -0.1) is 22.8 Å². The molecule has 4 heterocycles. The molecule has 0 aliphatic carbocycles. The zero-order valence-electron chi connectivity index (χ0n) is 38.6. The van der Waals surface area contributed by atoms with Crippen LogP contribution in [0.3, 0.4) is 0 Å². The molecule has 0 aromatic carbocycles. The van der Waals surface area contributed by atoms with Crippen molar-refractivity contribution in [1.82, 2.24) is 40.8 Å². The molecule has 0 amide bonds. The van der Waals surface area contributed by atoms with Crippen LogP contribution in [-0.2, 0) is 82.3 Å². The minimum absolute atomic E-state index is 0. The zero-order chi connectivity index (χ0) is 41.1. The molecule has 0 bridgehead atoms. The van der Waals surface area contributed by atoms with E-state index in [2.05, 4.69) is 231 Å². The normalized spacial score (nSPS) is 12.9. The molecule has 0 N–H and O–H groups in total. The summed E-state index contributed by atoms with van der Waals surface area (Å²) in [5.74, 6) is 0. The Kier molecular flexibility index (Phi) is 19.1. The number of hydrogen-bond donors (Lipinski definition) is 0. The minimum atomic E-state index is 0. The molecule has 0 aliphatic rings. The number of rotatable bonds is 0. The van der Waals surface area contributed by atoms with Crippen molar-refractivity contribution in [2.45, 2.75) is 209 Å². The first-order chi connectivity index (χ1) is 22.8. The molecule has 2 radical (unpaired) electrons. The monoisotopic (exact) mass is 922 g/mol. The fraction of sp³-hybridized carbons (Fsp3) is 0.727. The van der Waals surface area contributed by atoms with Crippen LogP contribution in [0.4, 0.5) is 0 Å². The van der Waals surface area contributed by atoms with Crippen molar-refractivity contribution in [1.29, 1.82) is 0 Å². The van der Waals surface area contributed by atoms with Crippen molar-refractivity contribution in [2.75, 3.05) is 0 Å². The van der Waals surface area contributed by atoms with Crippen LogP contribution in [0.15, 0.2) is 24.3 Å². The number of aromatic nitrogens is 8. The quantitative estimate of drug-likeness (QED) is 0.161. The molecule has 310 valence electrons. The van der Waals surface area contributed by atoms with Gasteiger partial charge in [0.2, 0.25) is 0 Å². The predicted octanol–water partition coefficient (Wildman–Crippen LogP) is 10.5. The fourth-order valence-electron chi connectivity index (χ4n) is 4.11. The molecular formula is C44H76N8Rh2. The summed E-state index contributed by atoms with van der Waals surface area (Å²) in [7, 11) is 0. The maximum absolute atomic E-state index is 4.20. The Balaban J connectivity index is 0. The van der Waals surface area contributed by atoms with Crippen LogP contribution in [0.1, 0.15) is 212 Å². The van der Waals surface area contributed by atoms with E-state index in [1.807, 2.05) is 0 Å². The van der Waals surface area contributed by atoms with Crippen LogP contribution in [0.5, 0.6) is 0 Å². The van der Waals surface area contributed by atoms with Gasteiger partial charge in [-0.3, -0.25) is 0 Å². The molecule has 0 saturated heterocycles. The summed E-state index contributed by atoms with van der Waals surface area (Å²) in [6.45, 7) is 51.7. The van der Waals surface area contributed by atoms with E-state index in [9.17, 15) is 0 Å². The van der Waals surface area contributed by atoms with Gasteiger partial charge in [0.05, 0.1) is 0 Å². The van der Waals surface area contributed by atoms with Gasteiger partial charge < -0.3 is 40.8 Å². The van der Waals surface area contributed by atoms with Gasteiger partial charge in [0.1, 0.15) is 0 Å². The van der Waals surface area contributed by atoms with Crippen LogP contribution in [-0.4, -0.2) is 20.4 Å². The zero-order valence-corrected chi connectivity index (χ0v) is 41.8. The van der Waals surface area contributed by atoms with E-state index < -0.39 is 0 Å². The molecule has 4 aromatic heterocycles. The summed E-state index contributed by atoms with van der Waals surface area (Å²) >= 11 is 0. The van der Waals surface area contributed by atoms with Crippen molar-refractivity contribution in [3.8, 4) is 0 Å². The summed E-state index contributed by atoms with van der Waals surface area (Å²) in [6, 6.07) is 8.44. The number of hydrogen-bond acceptors (Lipinski definition) is 4. The summed E-state index contributed by atoms with van der Waals surface area (Å²) < 4.78 is 0. The van der Waals surface area contributed by atoms with E-state index in [0.29, 0.717) is 0 Å². The maximum atomic E-state index is 4.20. The molecule has 0 fully saturated rings. The van der Waals surface area contributed by atoms with Crippen molar-refractivity contribution < 1.29 is 39.0 Å². The van der Waals surface area contributed by atoms with Gasteiger partial charge >= 0.3 is 39.0 Å². The van der Waals surface area contributed by atoms with Gasteiger partial charge in [-0.25, -0.2) is 0 Å². The SMILES string of the molecule is CC(C)(C)c1cc(C(C)(C)C)[n-]n1.CC(C)(C)c1cc(C(C)(C)C)[n-]n1.CC(C)(C)c1cc(C(C)(C)C)[n-]n1.CC(C)(C)c1cc(C(C)(C)C)[n-]n1.[Rh+2].[Rh+2]. The first-order valence-corrected chi connectivity index (χ1v) is 18.9. The Labute approximate surface area is 357 Å². The Morgan fingerprint density at radius 3 is 0.444 bits per heavy atom. The van der Waals surface area contributed by atoms with Crippen LogP contribution < -0.4 is 20.4 Å². The van der Waals surface area contributed by atoms with E-state index >= 15 is 0 Å². The van der Waals surface area contributed by atoms with Crippen molar-refractivity contribution in [3.05, 3.63) is 69.8 Å². The Bertz CT molecular complexity index is 1280. The van der Waals surface area contributed by atoms with E-state index in [1.54, 1.807) is 0 Å². The summed E-state index contributed by atoms with van der Waals surface area (Å²) in [5.41, 5.74) is 9.51. The molecule has 4 aromatic rings. The summed E-state index contributed by atoms with van der Waals surface area (Å²) in [5, 5.41) is 33.6. The third-order valence-corrected chi connectivity index (χ3v) is 8.30. The predicted molar refractivity (Wildman–Crippen MR) is 220 cm³/mol. The van der Waals surface area contributed by atoms with Gasteiger partial charge in [-0.1, -0.05) is 190 Å². The van der Waals surface area contributed by atoms with E-state index in [1.165, 1.54) is 0 Å². The van der Waals surface area contributed by atoms with Crippen LogP contribution in [0, 0.1) is 0 Å². The van der Waals surface area contributed by atoms with Crippen LogP contribution in [0.2, 0.25) is 0 Å². The number of nitrogens with zero attached hydrogens (tertiary/aromatic N) is 8. The summed E-state index contributed by atoms with van der Waals surface area (Å²) in [4.78, 5) is 0. The molecule has 54 heavy (non-hydrogen) atoms. The van der Waals surface area contributed by atoms with E-state index in [0.717, 1.165) is 45.6 Å². The van der Waals surface area contributed by atoms with Crippen LogP contribution in [0.25, 0.3) is 0 Å². The second-order valence-corrected chi connectivity index (χ2v) is 22.5. The minimum Gasteiger partial charge on any atom is -0.578 e. The molecule has 0 atom stereocenters. The van der Waals surface area contributed by atoms with Crippen molar-refractivity contribution >= 4 is 0 Å². The van der Waals surface area contributed by atoms with Crippen LogP contribution >= 0.6 is 0 Å². The van der Waals surface area contributed by atoms with Gasteiger partial charge in [0.15, 0.2) is 0 Å². The standard InChI is InChI=1S/4C11H19N2.2Rh/c4*1-10(2,3)8-7-9(13-12-8)11(4,5)6;;/h4*7H,1-6H3;;/q4*-1;2*+2. The molecule has 10 heteroatoms. The van der Waals surface area contributed by atoms with Gasteiger partial charge in [-0.2, -0.15) is 0 Å². The fourth-order valence-corrected chi connectivity index (χ4v) is 4.11. The van der Waals surface area contributed by atoms with Crippen molar-refractivity contribution in [2.24, 2.45) is 0 Å². The topological polar surface area (TPSA) is 108 Å². The first-order valence-electron chi connectivity index (χ1n) is 18.9. The average molecular weight is 923 g/mol. The Morgan fingerprint density at radius 1 is 0.259 bits per heavy atom. The third kappa shape index (κ3) is 17.9. The second-order valence-electron chi connectivity index (χ2n) is 22.5. The second kappa shape index (κ2) is 19.0. The van der Waals surface area contributed by atoms with E-state index in [-0.39, 0.29) is 82.3 Å². The largest absolute Gasteiger partial charge is 2.00 e. The molecule has 0 aliphatic heterocycles. The average Bonchev–Trinajstić information content (AvgIpc) is 3.72. The van der Waals surface area contributed by atoms with Gasteiger partial charge in [0.25, 0.3) is 0 Å². The Hall–Kier alpha value is -1.91. The molecule has 0 unspecified atom stereocenters. The van der Waals surface area contributed by atoms with E-state index in [4.69, 9.17) is 0 Å². The maximum Gasteiger partial charge on any atom is 2.00 e. The molecule has 4 rings (SSSR count). The smallest absolute Gasteiger partial charge is 0.578 e. The summed E-state index contributed by atoms with van der Waals surface area (Å²) in [6.07, 6.45) is 0. The molecule has 0 spiro atoms. The Morgan fingerprint density at radius 2 is 0.389 bits per heavy atom. The van der Waals surface area contributed by atoms with Gasteiger partial charge in [0, 0.05) is 44.4 Å². The van der Waals surface area contributed by atoms with Gasteiger partial charge in [-0.05, 0) is 21.7 Å². The van der Waals surface area contributed by atoms with Crippen molar-refractivity contribution in [3.63, 3.8) is 0 Å². The molecular weight excluding hydrogens is 846 g/mol. The molecule has 0 saturated carbocycles. The molecule has 8 nitrogen and oxygen atoms in total. The first kappa shape index (κ1) is 54.2.